The number of ketones is 1. The number of hydrogen-bond acceptors (Lipinski definition) is 3. The number of para-hydroxylation sites is 1. The number of fused-ring (bicyclic) bond motifs is 1. The standard InChI is InChI=1S/C17H13FN2O3/c1-10(16(22)19-12-8-6-11(18)7-9-12)20-14-5-3-2-4-13(14)15(21)17(20)23/h2-10H,1H3,(H,19,22). The Labute approximate surface area is 131 Å². The number of nitrogens with one attached hydrogen (secondary N) is 1. The largest absolute Gasteiger partial charge is 0.324 e. The molecule has 0 bridgehead atoms. The first kappa shape index (κ1) is 14.9. The number of carbonyl (C=O) groups excluding carboxylic acids is 3. The zero-order chi connectivity index (χ0) is 16.6. The lowest BCUT2D eigenvalue weighted by Crippen LogP contribution is -2.45. The van der Waals surface area contributed by atoms with E-state index in [2.05, 4.69) is 5.32 Å². The lowest BCUT2D eigenvalue weighted by Gasteiger charge is -2.23. The molecule has 0 spiro atoms. The third-order valence-corrected chi connectivity index (χ3v) is 3.70. The van der Waals surface area contributed by atoms with Crippen LogP contribution in [-0.2, 0) is 9.59 Å². The van der Waals surface area contributed by atoms with Gasteiger partial charge in [0.05, 0.1) is 11.3 Å². The van der Waals surface area contributed by atoms with E-state index in [-0.39, 0.29) is 0 Å². The quantitative estimate of drug-likeness (QED) is 0.885. The van der Waals surface area contributed by atoms with E-state index in [4.69, 9.17) is 0 Å². The average molecular weight is 312 g/mol. The molecule has 23 heavy (non-hydrogen) atoms. The summed E-state index contributed by atoms with van der Waals surface area (Å²) in [6.07, 6.45) is 0. The minimum absolute atomic E-state index is 0.291. The molecule has 1 heterocycles. The molecule has 1 atom stereocenters. The zero-order valence-corrected chi connectivity index (χ0v) is 12.2. The van der Waals surface area contributed by atoms with Crippen LogP contribution in [-0.4, -0.2) is 23.6 Å². The lowest BCUT2D eigenvalue weighted by molar-refractivity contribution is -0.120. The van der Waals surface area contributed by atoms with Crippen molar-refractivity contribution in [2.75, 3.05) is 10.2 Å². The van der Waals surface area contributed by atoms with Crippen LogP contribution < -0.4 is 10.2 Å². The van der Waals surface area contributed by atoms with Crippen LogP contribution in [0.4, 0.5) is 15.8 Å². The maximum Gasteiger partial charge on any atom is 0.300 e. The van der Waals surface area contributed by atoms with Gasteiger partial charge in [-0.05, 0) is 43.3 Å². The molecule has 5 nitrogen and oxygen atoms in total. The van der Waals surface area contributed by atoms with Crippen molar-refractivity contribution in [3.63, 3.8) is 0 Å². The van der Waals surface area contributed by atoms with Gasteiger partial charge in [-0.15, -0.1) is 0 Å². The summed E-state index contributed by atoms with van der Waals surface area (Å²) in [4.78, 5) is 37.6. The van der Waals surface area contributed by atoms with Gasteiger partial charge >= 0.3 is 0 Å². The van der Waals surface area contributed by atoms with Crippen molar-refractivity contribution >= 4 is 29.0 Å². The minimum atomic E-state index is -0.875. The van der Waals surface area contributed by atoms with Crippen LogP contribution in [0, 0.1) is 5.82 Å². The topological polar surface area (TPSA) is 66.5 Å². The van der Waals surface area contributed by atoms with Crippen LogP contribution in [0.1, 0.15) is 17.3 Å². The van der Waals surface area contributed by atoms with Gasteiger partial charge < -0.3 is 5.32 Å². The van der Waals surface area contributed by atoms with Gasteiger partial charge in [-0.1, -0.05) is 12.1 Å². The first-order chi connectivity index (χ1) is 11.0. The van der Waals surface area contributed by atoms with Gasteiger partial charge in [0.1, 0.15) is 11.9 Å². The molecule has 2 aromatic carbocycles. The van der Waals surface area contributed by atoms with Gasteiger partial charge in [-0.2, -0.15) is 0 Å². The van der Waals surface area contributed by atoms with Crippen LogP contribution >= 0.6 is 0 Å². The van der Waals surface area contributed by atoms with Gasteiger partial charge in [0, 0.05) is 5.69 Å². The molecule has 2 amide bonds. The van der Waals surface area contributed by atoms with Crippen molar-refractivity contribution < 1.29 is 18.8 Å². The number of halogens is 1. The second kappa shape index (κ2) is 5.64. The Kier molecular flexibility index (Phi) is 3.65. The first-order valence-corrected chi connectivity index (χ1v) is 7.02. The number of Topliss-reactive ketones (excluding diaryl/α,β-unsaturated/α-hetero) is 1. The minimum Gasteiger partial charge on any atom is -0.324 e. The number of anilines is 2. The van der Waals surface area contributed by atoms with E-state index in [1.54, 1.807) is 24.3 Å². The van der Waals surface area contributed by atoms with Gasteiger partial charge in [-0.25, -0.2) is 4.39 Å². The molecule has 0 radical (unpaired) electrons. The molecule has 1 aliphatic rings. The number of rotatable bonds is 3. The molecule has 0 aliphatic carbocycles. The van der Waals surface area contributed by atoms with Crippen molar-refractivity contribution in [1.29, 1.82) is 0 Å². The Bertz CT molecular complexity index is 802. The molecule has 3 rings (SSSR count). The molecule has 1 N–H and O–H groups in total. The van der Waals surface area contributed by atoms with Crippen molar-refractivity contribution in [2.45, 2.75) is 13.0 Å². The maximum absolute atomic E-state index is 12.9. The van der Waals surface area contributed by atoms with Gasteiger partial charge in [0.25, 0.3) is 11.7 Å². The Morgan fingerprint density at radius 2 is 1.74 bits per heavy atom. The molecular formula is C17H13FN2O3. The summed E-state index contributed by atoms with van der Waals surface area (Å²) in [5.41, 5.74) is 1.12. The van der Waals surface area contributed by atoms with E-state index in [1.807, 2.05) is 0 Å². The predicted octanol–water partition coefficient (Wildman–Crippen LogP) is 2.38. The van der Waals surface area contributed by atoms with Crippen molar-refractivity contribution in [1.82, 2.24) is 0 Å². The van der Waals surface area contributed by atoms with Crippen molar-refractivity contribution in [3.05, 3.63) is 59.9 Å². The van der Waals surface area contributed by atoms with E-state index in [1.165, 1.54) is 36.1 Å². The fourth-order valence-electron chi connectivity index (χ4n) is 2.49. The normalized spacial score (nSPS) is 14.6. The van der Waals surface area contributed by atoms with Crippen LogP contribution in [0.15, 0.2) is 48.5 Å². The number of carbonyl (C=O) groups is 3. The number of amides is 2. The molecular weight excluding hydrogens is 299 g/mol. The summed E-state index contributed by atoms with van der Waals surface area (Å²) < 4.78 is 12.9. The second-order valence-electron chi connectivity index (χ2n) is 5.19. The molecule has 1 aliphatic heterocycles. The molecule has 0 fully saturated rings. The third kappa shape index (κ3) is 2.59. The lowest BCUT2D eigenvalue weighted by atomic mass is 10.1. The highest BCUT2D eigenvalue weighted by Crippen LogP contribution is 2.30. The molecule has 0 aromatic heterocycles. The number of benzene rings is 2. The van der Waals surface area contributed by atoms with Gasteiger partial charge in [0.2, 0.25) is 5.91 Å². The fourth-order valence-corrected chi connectivity index (χ4v) is 2.49. The summed E-state index contributed by atoms with van der Waals surface area (Å²) in [5, 5.41) is 2.60. The highest BCUT2D eigenvalue weighted by atomic mass is 19.1. The third-order valence-electron chi connectivity index (χ3n) is 3.70. The van der Waals surface area contributed by atoms with Crippen LogP contribution in [0.5, 0.6) is 0 Å². The zero-order valence-electron chi connectivity index (χ0n) is 12.2. The van der Waals surface area contributed by atoms with Gasteiger partial charge in [0.15, 0.2) is 0 Å². The van der Waals surface area contributed by atoms with Crippen molar-refractivity contribution in [2.24, 2.45) is 0 Å². The number of nitrogens with zero attached hydrogens (tertiary/aromatic N) is 1. The van der Waals surface area contributed by atoms with E-state index < -0.39 is 29.5 Å². The van der Waals surface area contributed by atoms with Crippen molar-refractivity contribution in [3.8, 4) is 0 Å². The smallest absolute Gasteiger partial charge is 0.300 e. The van der Waals surface area contributed by atoms with E-state index in [0.717, 1.165) is 0 Å². The molecule has 6 heteroatoms. The molecule has 0 saturated heterocycles. The fraction of sp³-hybridized carbons (Fsp3) is 0.118. The molecule has 2 aromatic rings. The molecule has 116 valence electrons. The first-order valence-electron chi connectivity index (χ1n) is 7.02. The Hall–Kier alpha value is -3.02. The molecule has 1 unspecified atom stereocenters. The monoisotopic (exact) mass is 312 g/mol. The van der Waals surface area contributed by atoms with E-state index in [0.29, 0.717) is 16.9 Å². The summed E-state index contributed by atoms with van der Waals surface area (Å²) >= 11 is 0. The van der Waals surface area contributed by atoms with E-state index in [9.17, 15) is 18.8 Å². The second-order valence-corrected chi connectivity index (χ2v) is 5.19. The summed E-state index contributed by atoms with van der Waals surface area (Å²) in [5.74, 6) is -2.23. The maximum atomic E-state index is 12.9. The van der Waals surface area contributed by atoms with Gasteiger partial charge in [-0.3, -0.25) is 19.3 Å². The molecule has 0 saturated carbocycles. The summed E-state index contributed by atoms with van der Waals surface area (Å²) in [7, 11) is 0. The summed E-state index contributed by atoms with van der Waals surface area (Å²) in [6, 6.07) is 11.0. The highest BCUT2D eigenvalue weighted by Gasteiger charge is 2.40. The number of hydrogen-bond donors (Lipinski definition) is 1. The highest BCUT2D eigenvalue weighted by molar-refractivity contribution is 6.52. The Balaban J connectivity index is 1.84. The summed E-state index contributed by atoms with van der Waals surface area (Å²) in [6.45, 7) is 1.53. The Morgan fingerprint density at radius 3 is 2.43 bits per heavy atom. The van der Waals surface area contributed by atoms with Crippen LogP contribution in [0.25, 0.3) is 0 Å². The SMILES string of the molecule is CC(C(=O)Nc1ccc(F)cc1)N1C(=O)C(=O)c2ccccc21. The average Bonchev–Trinajstić information content (AvgIpc) is 2.81. The van der Waals surface area contributed by atoms with E-state index >= 15 is 0 Å². The predicted molar refractivity (Wildman–Crippen MR) is 82.8 cm³/mol. The Morgan fingerprint density at radius 1 is 1.09 bits per heavy atom. The van der Waals surface area contributed by atoms with Crippen LogP contribution in [0.3, 0.4) is 0 Å². The van der Waals surface area contributed by atoms with Crippen LogP contribution in [0.2, 0.25) is 0 Å².